The molecule has 3 rings (SSSR count). The molecule has 24 heavy (non-hydrogen) atoms. The molecule has 1 N–H and O–H groups in total. The highest BCUT2D eigenvalue weighted by atomic mass is 16.5. The van der Waals surface area contributed by atoms with Gasteiger partial charge in [0.25, 0.3) is 0 Å². The first kappa shape index (κ1) is 16.1. The van der Waals surface area contributed by atoms with Gasteiger partial charge >= 0.3 is 0 Å². The van der Waals surface area contributed by atoms with Gasteiger partial charge in [-0.2, -0.15) is 0 Å². The van der Waals surface area contributed by atoms with Gasteiger partial charge in [0.2, 0.25) is 11.8 Å². The molecule has 0 bridgehead atoms. The highest BCUT2D eigenvalue weighted by Gasteiger charge is 2.08. The second-order valence-corrected chi connectivity index (χ2v) is 5.57. The Hall–Kier alpha value is -2.82. The van der Waals surface area contributed by atoms with Crippen molar-refractivity contribution >= 4 is 5.69 Å². The van der Waals surface area contributed by atoms with Gasteiger partial charge in [0.1, 0.15) is 12.4 Å². The minimum absolute atomic E-state index is 0.470. The van der Waals surface area contributed by atoms with E-state index in [0.29, 0.717) is 24.9 Å². The third kappa shape index (κ3) is 4.13. The molecule has 0 radical (unpaired) electrons. The Labute approximate surface area is 141 Å². The quantitative estimate of drug-likeness (QED) is 0.708. The van der Waals surface area contributed by atoms with Crippen LogP contribution in [0.4, 0.5) is 5.69 Å². The lowest BCUT2D eigenvalue weighted by atomic mass is 10.2. The molecule has 0 amide bonds. The maximum Gasteiger partial charge on any atom is 0.235 e. The van der Waals surface area contributed by atoms with Crippen molar-refractivity contribution in [3.05, 3.63) is 71.4 Å². The molecule has 0 saturated heterocycles. The van der Waals surface area contributed by atoms with Crippen LogP contribution in [0.15, 0.2) is 52.9 Å². The Morgan fingerprint density at radius 1 is 1.04 bits per heavy atom. The normalized spacial score (nSPS) is 10.6. The van der Waals surface area contributed by atoms with Crippen molar-refractivity contribution in [2.75, 3.05) is 5.32 Å². The number of hydrogen-bond donors (Lipinski definition) is 1. The Balaban J connectivity index is 1.68. The molecule has 0 fully saturated rings. The number of anilines is 1. The summed E-state index contributed by atoms with van der Waals surface area (Å²) in [5, 5.41) is 11.3. The number of benzene rings is 2. The molecule has 0 aliphatic carbocycles. The third-order valence-electron chi connectivity index (χ3n) is 3.61. The second-order valence-electron chi connectivity index (χ2n) is 5.57. The fraction of sp³-hybridized carbons (Fsp3) is 0.263. The summed E-state index contributed by atoms with van der Waals surface area (Å²) in [6, 6.07) is 16.2. The summed E-state index contributed by atoms with van der Waals surface area (Å²) in [5.74, 6) is 2.03. The zero-order valence-corrected chi connectivity index (χ0v) is 14.0. The molecule has 0 aliphatic rings. The second kappa shape index (κ2) is 7.64. The predicted molar refractivity (Wildman–Crippen MR) is 93.0 cm³/mol. The van der Waals surface area contributed by atoms with E-state index >= 15 is 0 Å². The Kier molecular flexibility index (Phi) is 5.11. The van der Waals surface area contributed by atoms with Gasteiger partial charge in [-0.05, 0) is 30.2 Å². The molecule has 5 nitrogen and oxygen atoms in total. The van der Waals surface area contributed by atoms with Crippen LogP contribution in [0.3, 0.4) is 0 Å². The topological polar surface area (TPSA) is 60.2 Å². The predicted octanol–water partition coefficient (Wildman–Crippen LogP) is 4.13. The van der Waals surface area contributed by atoms with Crippen LogP contribution in [0.2, 0.25) is 0 Å². The molecule has 3 aromatic rings. The zero-order valence-electron chi connectivity index (χ0n) is 14.0. The van der Waals surface area contributed by atoms with Crippen molar-refractivity contribution in [1.82, 2.24) is 10.2 Å². The van der Waals surface area contributed by atoms with E-state index in [1.54, 1.807) is 0 Å². The van der Waals surface area contributed by atoms with Crippen LogP contribution in [0.1, 0.15) is 29.8 Å². The first-order valence-corrected chi connectivity index (χ1v) is 8.07. The summed E-state index contributed by atoms with van der Waals surface area (Å²) in [6.07, 6.45) is 0.739. The van der Waals surface area contributed by atoms with Crippen molar-refractivity contribution in [1.29, 1.82) is 0 Å². The van der Waals surface area contributed by atoms with Crippen LogP contribution in [-0.4, -0.2) is 10.2 Å². The average molecular weight is 323 g/mol. The Morgan fingerprint density at radius 2 is 1.83 bits per heavy atom. The van der Waals surface area contributed by atoms with E-state index in [9.17, 15) is 0 Å². The van der Waals surface area contributed by atoms with E-state index in [-0.39, 0.29) is 0 Å². The van der Waals surface area contributed by atoms with Gasteiger partial charge in [-0.1, -0.05) is 43.3 Å². The molecular formula is C19H21N3O2. The highest BCUT2D eigenvalue weighted by molar-refractivity contribution is 5.58. The van der Waals surface area contributed by atoms with E-state index < -0.39 is 0 Å². The first-order chi connectivity index (χ1) is 11.7. The maximum atomic E-state index is 5.96. The van der Waals surface area contributed by atoms with Gasteiger partial charge in [0.05, 0.1) is 12.2 Å². The minimum atomic E-state index is 0.470. The van der Waals surface area contributed by atoms with Crippen molar-refractivity contribution in [2.45, 2.75) is 33.4 Å². The van der Waals surface area contributed by atoms with Crippen LogP contribution in [-0.2, 0) is 19.6 Å². The smallest absolute Gasteiger partial charge is 0.235 e. The number of rotatable bonds is 7. The zero-order chi connectivity index (χ0) is 16.8. The largest absolute Gasteiger partial charge is 0.487 e. The van der Waals surface area contributed by atoms with Gasteiger partial charge in [0, 0.05) is 6.42 Å². The van der Waals surface area contributed by atoms with Gasteiger partial charge in [-0.3, -0.25) is 0 Å². The lowest BCUT2D eigenvalue weighted by molar-refractivity contribution is 0.307. The van der Waals surface area contributed by atoms with Crippen LogP contribution in [0.25, 0.3) is 0 Å². The summed E-state index contributed by atoms with van der Waals surface area (Å²) in [4.78, 5) is 0. The number of ether oxygens (including phenoxy) is 1. The molecule has 0 saturated carbocycles. The number of aromatic nitrogens is 2. The maximum absolute atomic E-state index is 5.96. The van der Waals surface area contributed by atoms with E-state index in [1.807, 2.05) is 56.3 Å². The summed E-state index contributed by atoms with van der Waals surface area (Å²) < 4.78 is 11.5. The third-order valence-corrected chi connectivity index (χ3v) is 3.61. The molecule has 0 atom stereocenters. The fourth-order valence-corrected chi connectivity index (χ4v) is 2.32. The summed E-state index contributed by atoms with van der Waals surface area (Å²) >= 11 is 0. The molecular weight excluding hydrogens is 302 g/mol. The standard InChI is InChI=1S/C19H21N3O2/c1-3-18-21-22-19(24-18)12-20-16-11-14(2)9-10-17(16)23-13-15-7-5-4-6-8-15/h4-11,20H,3,12-13H2,1-2H3. The van der Waals surface area contributed by atoms with E-state index in [1.165, 1.54) is 0 Å². The minimum Gasteiger partial charge on any atom is -0.487 e. The van der Waals surface area contributed by atoms with Gasteiger partial charge in [-0.25, -0.2) is 0 Å². The van der Waals surface area contributed by atoms with E-state index in [0.717, 1.165) is 29.0 Å². The molecule has 0 unspecified atom stereocenters. The molecule has 0 spiro atoms. The average Bonchev–Trinajstić information content (AvgIpc) is 3.08. The van der Waals surface area contributed by atoms with Crippen LogP contribution >= 0.6 is 0 Å². The molecule has 124 valence electrons. The fourth-order valence-electron chi connectivity index (χ4n) is 2.32. The lowest BCUT2D eigenvalue weighted by Crippen LogP contribution is -2.04. The number of nitrogens with one attached hydrogen (secondary N) is 1. The van der Waals surface area contributed by atoms with Gasteiger partial charge in [0.15, 0.2) is 0 Å². The van der Waals surface area contributed by atoms with Crippen molar-refractivity contribution in [2.24, 2.45) is 0 Å². The summed E-state index contributed by atoms with van der Waals surface area (Å²) in [7, 11) is 0. The van der Waals surface area contributed by atoms with Gasteiger partial charge < -0.3 is 14.5 Å². The molecule has 0 aliphatic heterocycles. The Bertz CT molecular complexity index is 784. The molecule has 1 aromatic heterocycles. The van der Waals surface area contributed by atoms with Crippen molar-refractivity contribution < 1.29 is 9.15 Å². The lowest BCUT2D eigenvalue weighted by Gasteiger charge is -2.13. The molecule has 5 heteroatoms. The summed E-state index contributed by atoms with van der Waals surface area (Å²) in [5.41, 5.74) is 3.21. The first-order valence-electron chi connectivity index (χ1n) is 8.07. The van der Waals surface area contributed by atoms with E-state index in [2.05, 4.69) is 21.6 Å². The number of hydrogen-bond acceptors (Lipinski definition) is 5. The van der Waals surface area contributed by atoms with Crippen LogP contribution in [0, 0.1) is 6.92 Å². The van der Waals surface area contributed by atoms with Gasteiger partial charge in [-0.15, -0.1) is 10.2 Å². The monoisotopic (exact) mass is 323 g/mol. The van der Waals surface area contributed by atoms with Crippen molar-refractivity contribution in [3.8, 4) is 5.75 Å². The molecule has 2 aromatic carbocycles. The number of aryl methyl sites for hydroxylation is 2. The highest BCUT2D eigenvalue weighted by Crippen LogP contribution is 2.27. The SMILES string of the molecule is CCc1nnc(CNc2cc(C)ccc2OCc2ccccc2)o1. The summed E-state index contributed by atoms with van der Waals surface area (Å²) in [6.45, 7) is 5.03. The van der Waals surface area contributed by atoms with Crippen LogP contribution < -0.4 is 10.1 Å². The van der Waals surface area contributed by atoms with Crippen molar-refractivity contribution in [3.63, 3.8) is 0 Å². The number of nitrogens with zero attached hydrogens (tertiary/aromatic N) is 2. The molecule has 1 heterocycles. The Morgan fingerprint density at radius 3 is 2.58 bits per heavy atom. The van der Waals surface area contributed by atoms with E-state index in [4.69, 9.17) is 9.15 Å². The van der Waals surface area contributed by atoms with Crippen LogP contribution in [0.5, 0.6) is 5.75 Å².